The van der Waals surface area contributed by atoms with Crippen LogP contribution in [0.25, 0.3) is 5.69 Å². The lowest BCUT2D eigenvalue weighted by Gasteiger charge is -2.28. The Kier molecular flexibility index (Phi) is 7.90. The number of carboxylic acid groups (broad SMARTS) is 1. The van der Waals surface area contributed by atoms with E-state index in [0.29, 0.717) is 17.3 Å². The summed E-state index contributed by atoms with van der Waals surface area (Å²) >= 11 is 5.82. The van der Waals surface area contributed by atoms with Crippen LogP contribution >= 0.6 is 12.2 Å². The van der Waals surface area contributed by atoms with Crippen LogP contribution in [-0.4, -0.2) is 43.1 Å². The Bertz CT molecular complexity index is 1630. The molecular weight excluding hydrogens is 534 g/mol. The van der Waals surface area contributed by atoms with Crippen LogP contribution in [0.1, 0.15) is 62.6 Å². The smallest absolute Gasteiger partial charge is 0.337 e. The molecule has 0 unspecified atom stereocenters. The van der Waals surface area contributed by atoms with Crippen molar-refractivity contribution in [1.29, 1.82) is 0 Å². The number of nitrogens with one attached hydrogen (secondary N) is 2. The summed E-state index contributed by atoms with van der Waals surface area (Å²) in [4.78, 5) is 31.8. The summed E-state index contributed by atoms with van der Waals surface area (Å²) in [6, 6.07) is 20.3. The molecule has 9 heteroatoms. The Labute approximate surface area is 245 Å². The zero-order valence-electron chi connectivity index (χ0n) is 23.5. The van der Waals surface area contributed by atoms with Crippen LogP contribution in [0.15, 0.2) is 72.9 Å². The maximum Gasteiger partial charge on any atom is 0.337 e. The van der Waals surface area contributed by atoms with E-state index in [0.717, 1.165) is 39.5 Å². The fourth-order valence-electron chi connectivity index (χ4n) is 5.60. The summed E-state index contributed by atoms with van der Waals surface area (Å²) in [5, 5.41) is 16.9. The summed E-state index contributed by atoms with van der Waals surface area (Å²) in [5.74, 6) is -1.08. The van der Waals surface area contributed by atoms with E-state index in [1.165, 1.54) is 0 Å². The third-order valence-corrected chi connectivity index (χ3v) is 7.96. The van der Waals surface area contributed by atoms with Crippen LogP contribution < -0.4 is 10.6 Å². The largest absolute Gasteiger partial charge is 0.478 e. The second-order valence-electron chi connectivity index (χ2n) is 10.4. The zero-order valence-corrected chi connectivity index (χ0v) is 24.3. The van der Waals surface area contributed by atoms with E-state index < -0.39 is 5.97 Å². The molecule has 2 aromatic heterocycles. The molecular formula is C32H33N5O3S. The highest BCUT2D eigenvalue weighted by Gasteiger charge is 2.41. The molecule has 0 radical (unpaired) electrons. The third-order valence-electron chi connectivity index (χ3n) is 7.61. The number of anilines is 1. The topological polar surface area (TPSA) is 99.5 Å². The van der Waals surface area contributed by atoms with Crippen molar-refractivity contribution in [2.45, 2.75) is 46.2 Å². The Morgan fingerprint density at radius 3 is 2.51 bits per heavy atom. The van der Waals surface area contributed by atoms with E-state index in [2.05, 4.69) is 21.7 Å². The van der Waals surface area contributed by atoms with Crippen molar-refractivity contribution in [2.24, 2.45) is 0 Å². The van der Waals surface area contributed by atoms with Crippen molar-refractivity contribution in [2.75, 3.05) is 11.9 Å². The van der Waals surface area contributed by atoms with E-state index in [-0.39, 0.29) is 30.0 Å². The van der Waals surface area contributed by atoms with Gasteiger partial charge in [-0.15, -0.1) is 0 Å². The van der Waals surface area contributed by atoms with E-state index in [4.69, 9.17) is 12.2 Å². The number of carbonyl (C=O) groups is 2. The van der Waals surface area contributed by atoms with Gasteiger partial charge >= 0.3 is 5.97 Å². The van der Waals surface area contributed by atoms with Gasteiger partial charge in [-0.05, 0) is 93.0 Å². The van der Waals surface area contributed by atoms with Gasteiger partial charge in [-0.1, -0.05) is 30.3 Å². The normalized spacial score (nSPS) is 16.5. The molecule has 1 amide bonds. The highest BCUT2D eigenvalue weighted by molar-refractivity contribution is 7.80. The predicted molar refractivity (Wildman–Crippen MR) is 164 cm³/mol. The van der Waals surface area contributed by atoms with Crippen molar-refractivity contribution in [3.63, 3.8) is 0 Å². The van der Waals surface area contributed by atoms with Crippen LogP contribution in [0.3, 0.4) is 0 Å². The monoisotopic (exact) mass is 567 g/mol. The molecule has 1 aliphatic rings. The Morgan fingerprint density at radius 1 is 1.02 bits per heavy atom. The van der Waals surface area contributed by atoms with Crippen molar-refractivity contribution >= 4 is 34.9 Å². The first-order chi connectivity index (χ1) is 19.7. The minimum atomic E-state index is -0.985. The second-order valence-corrected chi connectivity index (χ2v) is 10.8. The van der Waals surface area contributed by atoms with Crippen molar-refractivity contribution < 1.29 is 14.7 Å². The van der Waals surface area contributed by atoms with E-state index in [9.17, 15) is 14.7 Å². The average Bonchev–Trinajstić information content (AvgIpc) is 3.44. The van der Waals surface area contributed by atoms with Crippen LogP contribution in [0.5, 0.6) is 0 Å². The molecule has 0 aliphatic carbocycles. The predicted octanol–water partition coefficient (Wildman–Crippen LogP) is 5.81. The molecule has 0 bridgehead atoms. The van der Waals surface area contributed by atoms with Gasteiger partial charge in [0.1, 0.15) is 0 Å². The van der Waals surface area contributed by atoms with Crippen molar-refractivity contribution in [3.05, 3.63) is 112 Å². The number of para-hydroxylation sites is 1. The highest BCUT2D eigenvalue weighted by atomic mass is 32.1. The second kappa shape index (κ2) is 11.5. The highest BCUT2D eigenvalue weighted by Crippen LogP contribution is 2.41. The van der Waals surface area contributed by atoms with Gasteiger partial charge in [0, 0.05) is 36.2 Å². The first kappa shape index (κ1) is 28.0. The maximum atomic E-state index is 13.1. The lowest BCUT2D eigenvalue weighted by atomic mass is 9.96. The van der Waals surface area contributed by atoms with E-state index >= 15 is 0 Å². The number of carbonyl (C=O) groups excluding carboxylic acids is 1. The Balaban J connectivity index is 1.50. The molecule has 0 spiro atoms. The van der Waals surface area contributed by atoms with Crippen LogP contribution in [0.2, 0.25) is 0 Å². The fraction of sp³-hybridized carbons (Fsp3) is 0.250. The van der Waals surface area contributed by atoms with Gasteiger partial charge in [0.05, 0.1) is 29.0 Å². The number of aromatic carboxylic acids is 1. The van der Waals surface area contributed by atoms with Gasteiger partial charge in [-0.3, -0.25) is 9.78 Å². The number of rotatable bonds is 8. The third kappa shape index (κ3) is 5.58. The molecule has 0 saturated carbocycles. The number of carboxylic acids is 1. The number of benzene rings is 2. The molecule has 1 fully saturated rings. The van der Waals surface area contributed by atoms with Crippen molar-refractivity contribution in [1.82, 2.24) is 19.8 Å². The SMILES string of the molecule is Cc1ccc(C)c(NC(=O)CCN2C(=S)N[C@H](c3ccccn3)[C@@H]2c2cc(C)n(-c3ccccc3C(=O)O)c2C)c1. The van der Waals surface area contributed by atoms with Gasteiger partial charge in [0.25, 0.3) is 0 Å². The summed E-state index contributed by atoms with van der Waals surface area (Å²) in [6.07, 6.45) is 1.99. The summed E-state index contributed by atoms with van der Waals surface area (Å²) in [5.41, 5.74) is 7.33. The molecule has 3 N–H and O–H groups in total. The van der Waals surface area contributed by atoms with Crippen molar-refractivity contribution in [3.8, 4) is 5.69 Å². The number of amides is 1. The molecule has 2 aromatic carbocycles. The first-order valence-corrected chi connectivity index (χ1v) is 13.9. The first-order valence-electron chi connectivity index (χ1n) is 13.5. The van der Waals surface area contributed by atoms with Crippen LogP contribution in [-0.2, 0) is 4.79 Å². The Morgan fingerprint density at radius 2 is 1.78 bits per heavy atom. The van der Waals surface area contributed by atoms with E-state index in [1.54, 1.807) is 18.3 Å². The number of hydrogen-bond donors (Lipinski definition) is 3. The molecule has 2 atom stereocenters. The van der Waals surface area contributed by atoms with Gasteiger partial charge in [-0.2, -0.15) is 0 Å². The molecule has 8 nitrogen and oxygen atoms in total. The molecule has 210 valence electrons. The average molecular weight is 568 g/mol. The van der Waals surface area contributed by atoms with Gasteiger partial charge in [0.15, 0.2) is 5.11 Å². The Hall–Kier alpha value is -4.50. The lowest BCUT2D eigenvalue weighted by Crippen LogP contribution is -2.33. The number of aryl methyl sites for hydroxylation is 3. The summed E-state index contributed by atoms with van der Waals surface area (Å²) < 4.78 is 1.97. The number of nitrogens with zero attached hydrogens (tertiary/aromatic N) is 3. The van der Waals surface area contributed by atoms with Crippen LogP contribution in [0, 0.1) is 27.7 Å². The van der Waals surface area contributed by atoms with Gasteiger partial charge < -0.3 is 25.2 Å². The quantitative estimate of drug-likeness (QED) is 0.231. The molecule has 5 rings (SSSR count). The standard InChI is InChI=1S/C32H33N5O3S/c1-19-12-13-20(2)26(17-19)34-28(38)14-16-36-30(29(35-32(36)41)25-10-7-8-15-33-25)24-18-21(3)37(22(24)4)27-11-6-5-9-23(27)31(39)40/h5-13,15,17-18,29-30H,14,16H2,1-4H3,(H,34,38)(H,35,41)(H,39,40)/t29-,30+/m1/s1. The minimum absolute atomic E-state index is 0.0950. The summed E-state index contributed by atoms with van der Waals surface area (Å²) in [6.45, 7) is 8.32. The maximum absolute atomic E-state index is 13.1. The fourth-order valence-corrected chi connectivity index (χ4v) is 5.93. The molecule has 4 aromatic rings. The molecule has 3 heterocycles. The summed E-state index contributed by atoms with van der Waals surface area (Å²) in [7, 11) is 0. The number of thiocarbonyl (C=S) groups is 1. The number of hydrogen-bond acceptors (Lipinski definition) is 4. The molecule has 41 heavy (non-hydrogen) atoms. The van der Waals surface area contributed by atoms with Gasteiger partial charge in [-0.25, -0.2) is 4.79 Å². The molecule has 1 aliphatic heterocycles. The van der Waals surface area contributed by atoms with E-state index in [1.807, 2.05) is 85.7 Å². The van der Waals surface area contributed by atoms with Crippen LogP contribution in [0.4, 0.5) is 5.69 Å². The van der Waals surface area contributed by atoms with Gasteiger partial charge in [0.2, 0.25) is 5.91 Å². The number of pyridine rings is 1. The lowest BCUT2D eigenvalue weighted by molar-refractivity contribution is -0.116. The minimum Gasteiger partial charge on any atom is -0.478 e. The number of aromatic nitrogens is 2. The molecule has 1 saturated heterocycles. The zero-order chi connectivity index (χ0) is 29.3.